The van der Waals surface area contributed by atoms with Crippen molar-refractivity contribution >= 4 is 23.6 Å². The molecule has 0 aliphatic heterocycles. The Bertz CT molecular complexity index is 548. The third-order valence-corrected chi connectivity index (χ3v) is 2.46. The largest absolute Gasteiger partial charge is 0.478 e. The van der Waals surface area contributed by atoms with Crippen molar-refractivity contribution in [3.05, 3.63) is 29.6 Å². The number of anilines is 1. The minimum Gasteiger partial charge on any atom is -0.478 e. The molecule has 0 bridgehead atoms. The summed E-state index contributed by atoms with van der Waals surface area (Å²) in [5.74, 6) is -2.51. The van der Waals surface area contributed by atoms with Gasteiger partial charge in [-0.15, -0.1) is 0 Å². The fourth-order valence-electron chi connectivity index (χ4n) is 1.33. The summed E-state index contributed by atoms with van der Waals surface area (Å²) >= 11 is 0. The van der Waals surface area contributed by atoms with Crippen LogP contribution < -0.4 is 10.6 Å². The van der Waals surface area contributed by atoms with Crippen LogP contribution in [-0.2, 0) is 4.79 Å². The highest BCUT2D eigenvalue weighted by Crippen LogP contribution is 2.16. The fourth-order valence-corrected chi connectivity index (χ4v) is 1.33. The van der Waals surface area contributed by atoms with E-state index in [4.69, 9.17) is 5.11 Å². The minimum absolute atomic E-state index is 0.163. The van der Waals surface area contributed by atoms with Crippen molar-refractivity contribution < 1.29 is 23.9 Å². The molecule has 0 aliphatic rings. The van der Waals surface area contributed by atoms with E-state index in [-0.39, 0.29) is 23.7 Å². The summed E-state index contributed by atoms with van der Waals surface area (Å²) in [6.45, 7) is -0.183. The van der Waals surface area contributed by atoms with Gasteiger partial charge in [0.25, 0.3) is 0 Å². The minimum atomic E-state index is -1.27. The number of benzene rings is 1. The van der Waals surface area contributed by atoms with Gasteiger partial charge in [0.05, 0.1) is 11.3 Å². The van der Waals surface area contributed by atoms with Crippen molar-refractivity contribution in [3.63, 3.8) is 0 Å². The van der Waals surface area contributed by atoms with Crippen LogP contribution in [0.25, 0.3) is 0 Å². The van der Waals surface area contributed by atoms with Gasteiger partial charge in [0, 0.05) is 14.1 Å². The number of carbonyl (C=O) groups excluding carboxylic acids is 2. The molecular weight excluding hydrogens is 269 g/mol. The van der Waals surface area contributed by atoms with Crippen LogP contribution in [0.15, 0.2) is 18.2 Å². The standard InChI is InChI=1S/C12H14FN3O4/c1-14-10(17)6-16(2)12(20)15-9-4-3-7(11(18)19)5-8(9)13/h3-5H,6H2,1-2H3,(H,14,17)(H,15,20)(H,18,19). The second kappa shape index (κ2) is 6.50. The predicted octanol–water partition coefficient (Wildman–Crippen LogP) is 0.734. The van der Waals surface area contributed by atoms with Crippen molar-refractivity contribution in [1.82, 2.24) is 10.2 Å². The second-order valence-electron chi connectivity index (χ2n) is 3.96. The van der Waals surface area contributed by atoms with Crippen LogP contribution in [0.4, 0.5) is 14.9 Å². The smallest absolute Gasteiger partial charge is 0.335 e. The lowest BCUT2D eigenvalue weighted by molar-refractivity contribution is -0.120. The summed E-state index contributed by atoms with van der Waals surface area (Å²) in [7, 11) is 2.80. The van der Waals surface area contributed by atoms with E-state index in [0.717, 1.165) is 17.0 Å². The third-order valence-electron chi connectivity index (χ3n) is 2.46. The lowest BCUT2D eigenvalue weighted by Crippen LogP contribution is -2.39. The Balaban J connectivity index is 2.75. The summed E-state index contributed by atoms with van der Waals surface area (Å²) in [5.41, 5.74) is -0.386. The van der Waals surface area contributed by atoms with Gasteiger partial charge in [-0.05, 0) is 18.2 Å². The zero-order chi connectivity index (χ0) is 15.3. The van der Waals surface area contributed by atoms with E-state index in [0.29, 0.717) is 0 Å². The number of hydrogen-bond donors (Lipinski definition) is 3. The molecule has 7 nitrogen and oxygen atoms in total. The van der Waals surface area contributed by atoms with Crippen molar-refractivity contribution in [2.75, 3.05) is 26.0 Å². The van der Waals surface area contributed by atoms with Crippen molar-refractivity contribution in [3.8, 4) is 0 Å². The van der Waals surface area contributed by atoms with E-state index in [1.165, 1.54) is 20.2 Å². The maximum atomic E-state index is 13.6. The van der Waals surface area contributed by atoms with Gasteiger partial charge < -0.3 is 20.6 Å². The molecule has 20 heavy (non-hydrogen) atoms. The average Bonchev–Trinajstić information content (AvgIpc) is 2.40. The van der Waals surface area contributed by atoms with E-state index in [1.807, 2.05) is 0 Å². The molecule has 0 saturated heterocycles. The van der Waals surface area contributed by atoms with E-state index < -0.39 is 17.8 Å². The van der Waals surface area contributed by atoms with E-state index in [9.17, 15) is 18.8 Å². The van der Waals surface area contributed by atoms with Gasteiger partial charge in [-0.25, -0.2) is 14.0 Å². The summed E-state index contributed by atoms with van der Waals surface area (Å²) in [6.07, 6.45) is 0. The number of hydrogen-bond acceptors (Lipinski definition) is 3. The first kappa shape index (κ1) is 15.4. The number of urea groups is 1. The Labute approximate surface area is 114 Å². The van der Waals surface area contributed by atoms with Crippen LogP contribution in [0.1, 0.15) is 10.4 Å². The molecule has 1 aromatic carbocycles. The molecule has 0 spiro atoms. The van der Waals surface area contributed by atoms with Gasteiger partial charge in [0.15, 0.2) is 0 Å². The van der Waals surface area contributed by atoms with Gasteiger partial charge in [-0.1, -0.05) is 0 Å². The van der Waals surface area contributed by atoms with E-state index >= 15 is 0 Å². The Morgan fingerprint density at radius 2 is 2.00 bits per heavy atom. The number of nitrogens with zero attached hydrogens (tertiary/aromatic N) is 1. The number of amides is 3. The molecule has 0 radical (unpaired) electrons. The normalized spacial score (nSPS) is 9.75. The van der Waals surface area contributed by atoms with Gasteiger partial charge in [0.1, 0.15) is 12.4 Å². The highest BCUT2D eigenvalue weighted by molar-refractivity contribution is 5.93. The zero-order valence-electron chi connectivity index (χ0n) is 10.9. The quantitative estimate of drug-likeness (QED) is 0.758. The average molecular weight is 283 g/mol. The first-order chi connectivity index (χ1) is 9.35. The Morgan fingerprint density at radius 1 is 1.35 bits per heavy atom. The molecule has 0 heterocycles. The van der Waals surface area contributed by atoms with Crippen molar-refractivity contribution in [1.29, 1.82) is 0 Å². The summed E-state index contributed by atoms with van der Waals surface area (Å²) in [4.78, 5) is 34.5. The van der Waals surface area contributed by atoms with Gasteiger partial charge in [-0.2, -0.15) is 0 Å². The van der Waals surface area contributed by atoms with Gasteiger partial charge in [-0.3, -0.25) is 4.79 Å². The third kappa shape index (κ3) is 3.94. The number of nitrogens with one attached hydrogen (secondary N) is 2. The molecule has 8 heteroatoms. The first-order valence-corrected chi connectivity index (χ1v) is 5.60. The van der Waals surface area contributed by atoms with Crippen LogP contribution in [0.3, 0.4) is 0 Å². The van der Waals surface area contributed by atoms with Gasteiger partial charge in [0.2, 0.25) is 5.91 Å². The molecule has 0 atom stereocenters. The number of aromatic carboxylic acids is 1. The second-order valence-corrected chi connectivity index (χ2v) is 3.96. The van der Waals surface area contributed by atoms with Crippen LogP contribution in [-0.4, -0.2) is 48.6 Å². The fraction of sp³-hybridized carbons (Fsp3) is 0.250. The maximum Gasteiger partial charge on any atom is 0.335 e. The molecule has 0 unspecified atom stereocenters. The van der Waals surface area contributed by atoms with Crippen LogP contribution in [0, 0.1) is 5.82 Å². The molecular formula is C12H14FN3O4. The molecule has 0 fully saturated rings. The van der Waals surface area contributed by atoms with Crippen LogP contribution >= 0.6 is 0 Å². The maximum absolute atomic E-state index is 13.6. The Morgan fingerprint density at radius 3 is 2.50 bits per heavy atom. The number of halogens is 1. The summed E-state index contributed by atoms with van der Waals surface area (Å²) < 4.78 is 13.6. The van der Waals surface area contributed by atoms with Crippen LogP contribution in [0.5, 0.6) is 0 Å². The molecule has 0 saturated carbocycles. The van der Waals surface area contributed by atoms with Crippen molar-refractivity contribution in [2.45, 2.75) is 0 Å². The summed E-state index contributed by atoms with van der Waals surface area (Å²) in [5, 5.41) is 13.3. The van der Waals surface area contributed by atoms with Crippen LogP contribution in [0.2, 0.25) is 0 Å². The molecule has 108 valence electrons. The zero-order valence-corrected chi connectivity index (χ0v) is 10.9. The first-order valence-electron chi connectivity index (χ1n) is 5.60. The number of carboxylic acids is 1. The van der Waals surface area contributed by atoms with E-state index in [2.05, 4.69) is 10.6 Å². The molecule has 3 amide bonds. The SMILES string of the molecule is CNC(=O)CN(C)C(=O)Nc1ccc(C(=O)O)cc1F. The lowest BCUT2D eigenvalue weighted by atomic mass is 10.2. The van der Waals surface area contributed by atoms with Gasteiger partial charge >= 0.3 is 12.0 Å². The molecule has 1 aromatic rings. The number of carbonyl (C=O) groups is 3. The Kier molecular flexibility index (Phi) is 5.01. The topological polar surface area (TPSA) is 98.7 Å². The Hall–Kier alpha value is -2.64. The molecule has 3 N–H and O–H groups in total. The monoisotopic (exact) mass is 283 g/mol. The molecule has 0 aliphatic carbocycles. The molecule has 1 rings (SSSR count). The number of likely N-dealkylation sites (N-methyl/N-ethyl adjacent to an activating group) is 2. The summed E-state index contributed by atoms with van der Waals surface area (Å²) in [6, 6.07) is 2.43. The van der Waals surface area contributed by atoms with Crippen molar-refractivity contribution in [2.24, 2.45) is 0 Å². The molecule has 0 aromatic heterocycles. The van der Waals surface area contributed by atoms with E-state index in [1.54, 1.807) is 0 Å². The lowest BCUT2D eigenvalue weighted by Gasteiger charge is -2.17. The number of rotatable bonds is 4. The highest BCUT2D eigenvalue weighted by Gasteiger charge is 2.15. The predicted molar refractivity (Wildman–Crippen MR) is 69.1 cm³/mol. The number of carboxylic acid groups (broad SMARTS) is 1. The highest BCUT2D eigenvalue weighted by atomic mass is 19.1.